The number of carbonyl (C=O) groups is 1. The number of non-ortho nitro benzene ring substituents is 1. The zero-order chi connectivity index (χ0) is 18.1. The van der Waals surface area contributed by atoms with Crippen molar-refractivity contribution >= 4 is 35.0 Å². The molecule has 0 radical (unpaired) electrons. The number of nitro benzene ring substituents is 1. The molecule has 0 spiro atoms. The van der Waals surface area contributed by atoms with Crippen molar-refractivity contribution in [3.8, 4) is 5.75 Å². The number of amides is 1. The first-order valence-corrected chi connectivity index (χ1v) is 9.04. The van der Waals surface area contributed by atoms with Gasteiger partial charge in [-0.15, -0.1) is 11.8 Å². The van der Waals surface area contributed by atoms with Gasteiger partial charge in [0.05, 0.1) is 17.2 Å². The van der Waals surface area contributed by atoms with Gasteiger partial charge < -0.3 is 10.1 Å². The number of rotatable bonds is 9. The smallest absolute Gasteiger partial charge is 0.269 e. The first kappa shape index (κ1) is 19.1. The van der Waals surface area contributed by atoms with Crippen LogP contribution < -0.4 is 10.1 Å². The molecule has 0 bridgehead atoms. The van der Waals surface area contributed by atoms with Crippen LogP contribution in [-0.4, -0.2) is 29.7 Å². The SMILES string of the molecule is O=C(CSCc1ccc([N+](=O)[O-])cc1)NCCOc1ccc(Cl)cc1. The maximum absolute atomic E-state index is 11.7. The summed E-state index contributed by atoms with van der Waals surface area (Å²) < 4.78 is 5.48. The third-order valence-electron chi connectivity index (χ3n) is 3.16. The molecular weight excluding hydrogens is 364 g/mol. The Morgan fingerprint density at radius 2 is 1.84 bits per heavy atom. The largest absolute Gasteiger partial charge is 0.492 e. The van der Waals surface area contributed by atoms with E-state index in [1.165, 1.54) is 23.9 Å². The number of halogens is 1. The van der Waals surface area contributed by atoms with E-state index in [0.29, 0.717) is 35.4 Å². The van der Waals surface area contributed by atoms with E-state index in [2.05, 4.69) is 5.32 Å². The minimum absolute atomic E-state index is 0.0622. The van der Waals surface area contributed by atoms with Crippen molar-refractivity contribution in [3.63, 3.8) is 0 Å². The van der Waals surface area contributed by atoms with Crippen LogP contribution >= 0.6 is 23.4 Å². The van der Waals surface area contributed by atoms with Gasteiger partial charge in [-0.25, -0.2) is 0 Å². The predicted octanol–water partition coefficient (Wildman–Crippen LogP) is 3.68. The summed E-state index contributed by atoms with van der Waals surface area (Å²) in [6, 6.07) is 13.3. The molecule has 1 N–H and O–H groups in total. The van der Waals surface area contributed by atoms with Crippen LogP contribution in [0.3, 0.4) is 0 Å². The van der Waals surface area contributed by atoms with Gasteiger partial charge in [0.25, 0.3) is 5.69 Å². The molecule has 0 heterocycles. The van der Waals surface area contributed by atoms with E-state index in [0.717, 1.165) is 5.56 Å². The number of hydrogen-bond acceptors (Lipinski definition) is 5. The van der Waals surface area contributed by atoms with E-state index in [4.69, 9.17) is 16.3 Å². The Kier molecular flexibility index (Phi) is 7.56. The maximum Gasteiger partial charge on any atom is 0.269 e. The second kappa shape index (κ2) is 9.90. The molecule has 0 aliphatic rings. The molecule has 0 atom stereocenters. The fraction of sp³-hybridized carbons (Fsp3) is 0.235. The van der Waals surface area contributed by atoms with Gasteiger partial charge in [-0.3, -0.25) is 14.9 Å². The molecule has 2 rings (SSSR count). The summed E-state index contributed by atoms with van der Waals surface area (Å²) >= 11 is 7.23. The number of ether oxygens (including phenoxy) is 1. The molecule has 0 aromatic heterocycles. The lowest BCUT2D eigenvalue weighted by atomic mass is 10.2. The summed E-state index contributed by atoms with van der Waals surface area (Å²) in [6.45, 7) is 0.792. The fourth-order valence-corrected chi connectivity index (χ4v) is 2.86. The van der Waals surface area contributed by atoms with Crippen molar-refractivity contribution in [3.05, 3.63) is 69.2 Å². The lowest BCUT2D eigenvalue weighted by molar-refractivity contribution is -0.384. The third kappa shape index (κ3) is 7.03. The van der Waals surface area contributed by atoms with E-state index >= 15 is 0 Å². The Labute approximate surface area is 154 Å². The molecule has 1 amide bonds. The first-order chi connectivity index (χ1) is 12.0. The van der Waals surface area contributed by atoms with Gasteiger partial charge in [0.2, 0.25) is 5.91 Å². The maximum atomic E-state index is 11.7. The lowest BCUT2D eigenvalue weighted by Crippen LogP contribution is -2.29. The first-order valence-electron chi connectivity index (χ1n) is 7.51. The Morgan fingerprint density at radius 3 is 2.48 bits per heavy atom. The third-order valence-corrected chi connectivity index (χ3v) is 4.41. The minimum Gasteiger partial charge on any atom is -0.492 e. The number of nitrogens with one attached hydrogen (secondary N) is 1. The Hall–Kier alpha value is -2.25. The van der Waals surface area contributed by atoms with Crippen molar-refractivity contribution in [2.45, 2.75) is 5.75 Å². The molecule has 0 aliphatic carbocycles. The minimum atomic E-state index is -0.434. The number of nitro groups is 1. The van der Waals surface area contributed by atoms with Crippen molar-refractivity contribution in [1.82, 2.24) is 5.32 Å². The van der Waals surface area contributed by atoms with Gasteiger partial charge in [0, 0.05) is 22.9 Å². The van der Waals surface area contributed by atoms with Gasteiger partial charge >= 0.3 is 0 Å². The van der Waals surface area contributed by atoms with Gasteiger partial charge in [0.1, 0.15) is 12.4 Å². The fourth-order valence-electron chi connectivity index (χ4n) is 1.92. The molecule has 0 saturated heterocycles. The summed E-state index contributed by atoms with van der Waals surface area (Å²) in [7, 11) is 0. The zero-order valence-corrected chi connectivity index (χ0v) is 14.9. The van der Waals surface area contributed by atoms with Crippen LogP contribution in [0.15, 0.2) is 48.5 Å². The Balaban J connectivity index is 1.59. The van der Waals surface area contributed by atoms with Crippen LogP contribution in [0, 0.1) is 10.1 Å². The number of benzene rings is 2. The van der Waals surface area contributed by atoms with Crippen molar-refractivity contribution in [2.75, 3.05) is 18.9 Å². The zero-order valence-electron chi connectivity index (χ0n) is 13.3. The van der Waals surface area contributed by atoms with Crippen molar-refractivity contribution in [2.24, 2.45) is 0 Å². The Morgan fingerprint density at radius 1 is 1.16 bits per heavy atom. The van der Waals surface area contributed by atoms with Crippen LogP contribution in [0.1, 0.15) is 5.56 Å². The molecule has 6 nitrogen and oxygen atoms in total. The van der Waals surface area contributed by atoms with Crippen molar-refractivity contribution < 1.29 is 14.5 Å². The summed E-state index contributed by atoms with van der Waals surface area (Å²) in [5.74, 6) is 1.56. The average Bonchev–Trinajstić information content (AvgIpc) is 2.61. The molecule has 0 unspecified atom stereocenters. The molecule has 0 saturated carbocycles. The van der Waals surface area contributed by atoms with E-state index < -0.39 is 4.92 Å². The van der Waals surface area contributed by atoms with E-state index in [1.54, 1.807) is 36.4 Å². The van der Waals surface area contributed by atoms with Crippen LogP contribution in [0.5, 0.6) is 5.75 Å². The average molecular weight is 381 g/mol. The van der Waals surface area contributed by atoms with Crippen molar-refractivity contribution in [1.29, 1.82) is 0 Å². The summed E-state index contributed by atoms with van der Waals surface area (Å²) in [6.07, 6.45) is 0. The van der Waals surface area contributed by atoms with E-state index in [9.17, 15) is 14.9 Å². The molecule has 2 aromatic rings. The topological polar surface area (TPSA) is 81.5 Å². The molecule has 8 heteroatoms. The molecule has 132 valence electrons. The summed E-state index contributed by atoms with van der Waals surface area (Å²) in [5, 5.41) is 14.0. The summed E-state index contributed by atoms with van der Waals surface area (Å²) in [5.41, 5.74) is 1.00. The van der Waals surface area contributed by atoms with Gasteiger partial charge in [0.15, 0.2) is 0 Å². The highest BCUT2D eigenvalue weighted by Crippen LogP contribution is 2.17. The summed E-state index contributed by atoms with van der Waals surface area (Å²) in [4.78, 5) is 21.9. The Bertz CT molecular complexity index is 708. The van der Waals surface area contributed by atoms with Crippen LogP contribution in [0.2, 0.25) is 5.02 Å². The molecular formula is C17H17ClN2O4S. The quantitative estimate of drug-likeness (QED) is 0.407. The predicted molar refractivity (Wildman–Crippen MR) is 99.2 cm³/mol. The number of thioether (sulfide) groups is 1. The number of hydrogen-bond donors (Lipinski definition) is 1. The second-order valence-electron chi connectivity index (χ2n) is 5.07. The highest BCUT2D eigenvalue weighted by Gasteiger charge is 2.05. The van der Waals surface area contributed by atoms with Gasteiger partial charge in [-0.1, -0.05) is 23.7 Å². The number of nitrogens with zero attached hydrogens (tertiary/aromatic N) is 1. The van der Waals surface area contributed by atoms with E-state index in [-0.39, 0.29) is 11.6 Å². The van der Waals surface area contributed by atoms with Crippen LogP contribution in [0.25, 0.3) is 0 Å². The molecule has 2 aromatic carbocycles. The highest BCUT2D eigenvalue weighted by molar-refractivity contribution is 7.99. The monoisotopic (exact) mass is 380 g/mol. The van der Waals surface area contributed by atoms with E-state index in [1.807, 2.05) is 0 Å². The van der Waals surface area contributed by atoms with Crippen LogP contribution in [0.4, 0.5) is 5.69 Å². The highest BCUT2D eigenvalue weighted by atomic mass is 35.5. The van der Waals surface area contributed by atoms with Gasteiger partial charge in [-0.05, 0) is 29.8 Å². The molecule has 0 fully saturated rings. The van der Waals surface area contributed by atoms with Gasteiger partial charge in [-0.2, -0.15) is 0 Å². The molecule has 25 heavy (non-hydrogen) atoms. The standard InChI is InChI=1S/C17H17ClN2O4S/c18-14-3-7-16(8-4-14)24-10-9-19-17(21)12-25-11-13-1-5-15(6-2-13)20(22)23/h1-8H,9-12H2,(H,19,21). The second-order valence-corrected chi connectivity index (χ2v) is 6.49. The number of carbonyl (C=O) groups excluding carboxylic acids is 1. The van der Waals surface area contributed by atoms with Crippen LogP contribution in [-0.2, 0) is 10.5 Å². The lowest BCUT2D eigenvalue weighted by Gasteiger charge is -2.08. The molecule has 0 aliphatic heterocycles. The normalized spacial score (nSPS) is 10.3.